The molecule has 1 N–H and O–H groups in total. The lowest BCUT2D eigenvalue weighted by Gasteiger charge is -2.25. The van der Waals surface area contributed by atoms with Crippen LogP contribution in [0.1, 0.15) is 45.1 Å². The Balaban J connectivity index is 2.20. The number of hydrogen-bond acceptors (Lipinski definition) is 2. The van der Waals surface area contributed by atoms with E-state index in [4.69, 9.17) is 0 Å². The molecule has 4 nitrogen and oxygen atoms in total. The summed E-state index contributed by atoms with van der Waals surface area (Å²) in [4.78, 5) is 11.4. The van der Waals surface area contributed by atoms with E-state index in [0.29, 0.717) is 6.42 Å². The van der Waals surface area contributed by atoms with E-state index in [-0.39, 0.29) is 17.4 Å². The van der Waals surface area contributed by atoms with E-state index in [1.165, 1.54) is 0 Å². The third kappa shape index (κ3) is 1.96. The van der Waals surface area contributed by atoms with Gasteiger partial charge in [-0.2, -0.15) is 5.10 Å². The van der Waals surface area contributed by atoms with Gasteiger partial charge in [-0.05, 0) is 25.8 Å². The predicted octanol–water partition coefficient (Wildman–Crippen LogP) is 1.68. The van der Waals surface area contributed by atoms with E-state index < -0.39 is 0 Å². The standard InChI is InChI=1S/C12H19N3O/c1-4-5-15-8-9(7-13-15)10-6-11(16)14-12(10,2)3/h7-8,10H,4-6H2,1-3H3,(H,14,16). The summed E-state index contributed by atoms with van der Waals surface area (Å²) in [5, 5.41) is 7.33. The SMILES string of the molecule is CCCn1cc(C2CC(=O)NC2(C)C)cn1. The summed E-state index contributed by atoms with van der Waals surface area (Å²) in [6.45, 7) is 7.21. The molecule has 1 saturated heterocycles. The third-order valence-corrected chi connectivity index (χ3v) is 3.23. The molecule has 2 rings (SSSR count). The molecule has 0 spiro atoms. The van der Waals surface area contributed by atoms with Crippen LogP contribution < -0.4 is 5.32 Å². The van der Waals surface area contributed by atoms with Crippen molar-refractivity contribution in [3.05, 3.63) is 18.0 Å². The summed E-state index contributed by atoms with van der Waals surface area (Å²) in [5.74, 6) is 0.379. The number of carbonyl (C=O) groups is 1. The lowest BCUT2D eigenvalue weighted by molar-refractivity contribution is -0.119. The molecule has 1 atom stereocenters. The van der Waals surface area contributed by atoms with E-state index in [1.807, 2.05) is 10.9 Å². The van der Waals surface area contributed by atoms with Crippen molar-refractivity contribution in [1.82, 2.24) is 15.1 Å². The lowest BCUT2D eigenvalue weighted by atomic mass is 9.85. The number of aromatic nitrogens is 2. The van der Waals surface area contributed by atoms with Crippen LogP contribution in [0.2, 0.25) is 0 Å². The van der Waals surface area contributed by atoms with Crippen LogP contribution in [-0.2, 0) is 11.3 Å². The largest absolute Gasteiger partial charge is 0.351 e. The topological polar surface area (TPSA) is 46.9 Å². The number of amides is 1. The predicted molar refractivity (Wildman–Crippen MR) is 62.1 cm³/mol. The fraction of sp³-hybridized carbons (Fsp3) is 0.667. The molecule has 0 aromatic carbocycles. The van der Waals surface area contributed by atoms with Crippen molar-refractivity contribution in [1.29, 1.82) is 0 Å². The van der Waals surface area contributed by atoms with Crippen molar-refractivity contribution >= 4 is 5.91 Å². The Morgan fingerprint density at radius 1 is 1.62 bits per heavy atom. The summed E-state index contributed by atoms with van der Waals surface area (Å²) in [5.41, 5.74) is 1.01. The maximum absolute atomic E-state index is 11.4. The zero-order valence-corrected chi connectivity index (χ0v) is 10.2. The van der Waals surface area contributed by atoms with Crippen LogP contribution in [-0.4, -0.2) is 21.2 Å². The molecule has 0 bridgehead atoms. The third-order valence-electron chi connectivity index (χ3n) is 3.23. The number of nitrogens with one attached hydrogen (secondary N) is 1. The van der Waals surface area contributed by atoms with Gasteiger partial charge in [-0.25, -0.2) is 0 Å². The van der Waals surface area contributed by atoms with E-state index >= 15 is 0 Å². The van der Waals surface area contributed by atoms with Crippen LogP contribution in [0.4, 0.5) is 0 Å². The molecular weight excluding hydrogens is 202 g/mol. The number of hydrogen-bond donors (Lipinski definition) is 1. The van der Waals surface area contributed by atoms with Crippen LogP contribution in [0.25, 0.3) is 0 Å². The Morgan fingerprint density at radius 2 is 2.38 bits per heavy atom. The van der Waals surface area contributed by atoms with Gasteiger partial charge in [0.25, 0.3) is 0 Å². The van der Waals surface area contributed by atoms with Crippen molar-refractivity contribution in [2.45, 2.75) is 51.6 Å². The monoisotopic (exact) mass is 221 g/mol. The van der Waals surface area contributed by atoms with Crippen molar-refractivity contribution in [3.63, 3.8) is 0 Å². The molecule has 1 unspecified atom stereocenters. The molecule has 2 heterocycles. The van der Waals surface area contributed by atoms with Crippen molar-refractivity contribution in [2.75, 3.05) is 0 Å². The smallest absolute Gasteiger partial charge is 0.221 e. The van der Waals surface area contributed by atoms with E-state index in [9.17, 15) is 4.79 Å². The highest BCUT2D eigenvalue weighted by molar-refractivity contribution is 5.81. The van der Waals surface area contributed by atoms with Gasteiger partial charge in [0, 0.05) is 30.6 Å². The minimum Gasteiger partial charge on any atom is -0.351 e. The Bertz CT molecular complexity index is 395. The number of rotatable bonds is 3. The molecule has 1 aliphatic rings. The number of carbonyl (C=O) groups excluding carboxylic acids is 1. The van der Waals surface area contributed by atoms with Gasteiger partial charge in [-0.3, -0.25) is 9.48 Å². The van der Waals surface area contributed by atoms with Gasteiger partial charge >= 0.3 is 0 Å². The summed E-state index contributed by atoms with van der Waals surface area (Å²) < 4.78 is 1.95. The van der Waals surface area contributed by atoms with Gasteiger partial charge in [0.15, 0.2) is 0 Å². The molecule has 4 heteroatoms. The Morgan fingerprint density at radius 3 is 2.94 bits per heavy atom. The maximum Gasteiger partial charge on any atom is 0.221 e. The molecule has 1 aromatic heterocycles. The highest BCUT2D eigenvalue weighted by atomic mass is 16.2. The van der Waals surface area contributed by atoms with Gasteiger partial charge in [-0.15, -0.1) is 0 Å². The zero-order valence-electron chi connectivity index (χ0n) is 10.2. The first-order valence-corrected chi connectivity index (χ1v) is 5.86. The fourth-order valence-corrected chi connectivity index (χ4v) is 2.38. The quantitative estimate of drug-likeness (QED) is 0.844. The molecule has 0 radical (unpaired) electrons. The summed E-state index contributed by atoms with van der Waals surface area (Å²) in [6.07, 6.45) is 5.61. The van der Waals surface area contributed by atoms with E-state index in [1.54, 1.807) is 0 Å². The molecule has 1 aliphatic heterocycles. The van der Waals surface area contributed by atoms with Gasteiger partial charge in [-0.1, -0.05) is 6.92 Å². The summed E-state index contributed by atoms with van der Waals surface area (Å²) in [7, 11) is 0. The molecule has 16 heavy (non-hydrogen) atoms. The van der Waals surface area contributed by atoms with E-state index in [2.05, 4.69) is 37.4 Å². The normalized spacial score (nSPS) is 23.4. The molecule has 1 fully saturated rings. The van der Waals surface area contributed by atoms with Gasteiger partial charge in [0.2, 0.25) is 5.91 Å². The first kappa shape index (κ1) is 11.2. The highest BCUT2D eigenvalue weighted by Crippen LogP contribution is 2.35. The molecular formula is C12H19N3O. The molecule has 1 aromatic rings. The first-order chi connectivity index (χ1) is 7.53. The lowest BCUT2D eigenvalue weighted by Crippen LogP contribution is -2.38. The maximum atomic E-state index is 11.4. The van der Waals surface area contributed by atoms with Gasteiger partial charge in [0.1, 0.15) is 0 Å². The van der Waals surface area contributed by atoms with E-state index in [0.717, 1.165) is 18.5 Å². The number of nitrogens with zero attached hydrogens (tertiary/aromatic N) is 2. The number of aryl methyl sites for hydroxylation is 1. The molecule has 0 saturated carbocycles. The van der Waals surface area contributed by atoms with Crippen LogP contribution in [0.5, 0.6) is 0 Å². The average Bonchev–Trinajstić information content (AvgIpc) is 2.71. The second-order valence-electron chi connectivity index (χ2n) is 5.06. The zero-order chi connectivity index (χ0) is 11.8. The Labute approximate surface area is 96.0 Å². The molecule has 1 amide bonds. The second kappa shape index (κ2) is 3.92. The summed E-state index contributed by atoms with van der Waals surface area (Å²) >= 11 is 0. The van der Waals surface area contributed by atoms with Gasteiger partial charge < -0.3 is 5.32 Å². The van der Waals surface area contributed by atoms with Crippen LogP contribution in [0.15, 0.2) is 12.4 Å². The minimum absolute atomic E-state index is 0.137. The van der Waals surface area contributed by atoms with Crippen LogP contribution >= 0.6 is 0 Å². The van der Waals surface area contributed by atoms with Crippen molar-refractivity contribution < 1.29 is 4.79 Å². The minimum atomic E-state index is -0.156. The molecule has 88 valence electrons. The van der Waals surface area contributed by atoms with Crippen LogP contribution in [0, 0.1) is 0 Å². The molecule has 0 aliphatic carbocycles. The Hall–Kier alpha value is -1.32. The van der Waals surface area contributed by atoms with Crippen molar-refractivity contribution in [3.8, 4) is 0 Å². The fourth-order valence-electron chi connectivity index (χ4n) is 2.38. The first-order valence-electron chi connectivity index (χ1n) is 5.86. The second-order valence-corrected chi connectivity index (χ2v) is 5.06. The summed E-state index contributed by atoms with van der Waals surface area (Å²) in [6, 6.07) is 0. The highest BCUT2D eigenvalue weighted by Gasteiger charge is 2.40. The average molecular weight is 221 g/mol. The van der Waals surface area contributed by atoms with Gasteiger partial charge in [0.05, 0.1) is 6.20 Å². The Kier molecular flexibility index (Phi) is 2.74. The van der Waals surface area contributed by atoms with Crippen LogP contribution in [0.3, 0.4) is 0 Å². The van der Waals surface area contributed by atoms with Crippen molar-refractivity contribution in [2.24, 2.45) is 0 Å².